The number of alkyl carbamates (subject to hydrolysis) is 1. The summed E-state index contributed by atoms with van der Waals surface area (Å²) in [5.74, 6) is -3.27. The fourth-order valence-electron chi connectivity index (χ4n) is 9.20. The highest BCUT2D eigenvalue weighted by atomic mass is 32.2. The molecule has 3 aliphatic heterocycles. The van der Waals surface area contributed by atoms with Gasteiger partial charge < -0.3 is 34.9 Å². The third-order valence-electron chi connectivity index (χ3n) is 12.7. The summed E-state index contributed by atoms with van der Waals surface area (Å²) in [6, 6.07) is 8.54. The molecule has 2 saturated carbocycles. The van der Waals surface area contributed by atoms with E-state index < -0.39 is 80.3 Å². The first-order valence-corrected chi connectivity index (χ1v) is 23.1. The molecule has 19 heteroatoms. The number of aromatic nitrogens is 2. The van der Waals surface area contributed by atoms with Gasteiger partial charge in [-0.15, -0.1) is 6.58 Å². The largest absolute Gasteiger partial charge is 0.446 e. The second-order valence-electron chi connectivity index (χ2n) is 16.9. The van der Waals surface area contributed by atoms with Crippen molar-refractivity contribution in [1.29, 1.82) is 0 Å². The zero-order valence-corrected chi connectivity index (χ0v) is 35.3. The van der Waals surface area contributed by atoms with Crippen LogP contribution in [0.3, 0.4) is 0 Å². The van der Waals surface area contributed by atoms with Gasteiger partial charge in [-0.3, -0.25) is 19.3 Å². The second kappa shape index (κ2) is 17.9. The Labute approximate surface area is 359 Å². The van der Waals surface area contributed by atoms with Crippen molar-refractivity contribution < 1.29 is 46.3 Å². The Bertz CT molecular complexity index is 2350. The van der Waals surface area contributed by atoms with E-state index in [0.717, 1.165) is 61.7 Å². The average molecular weight is 877 g/mol. The van der Waals surface area contributed by atoms with Gasteiger partial charge in [-0.1, -0.05) is 43.9 Å². The highest BCUT2D eigenvalue weighted by Gasteiger charge is 2.61. The van der Waals surface area contributed by atoms with Crippen molar-refractivity contribution in [2.75, 3.05) is 25.0 Å². The maximum atomic E-state index is 14.7. The molecular formula is C43H53FN8O9S. The summed E-state index contributed by atoms with van der Waals surface area (Å²) < 4.78 is 57.8. The van der Waals surface area contributed by atoms with Crippen molar-refractivity contribution >= 4 is 56.7 Å². The molecule has 1 spiro atoms. The summed E-state index contributed by atoms with van der Waals surface area (Å²) in [5.41, 5.74) is 0.0914. The van der Waals surface area contributed by atoms with E-state index in [4.69, 9.17) is 9.47 Å². The topological polar surface area (TPSA) is 210 Å². The highest BCUT2D eigenvalue weighted by Crippen LogP contribution is 2.45. The number of carbonyl (C=O) groups excluding carboxylic acids is 5. The molecule has 3 fully saturated rings. The van der Waals surface area contributed by atoms with Gasteiger partial charge in [0, 0.05) is 32.0 Å². The Hall–Kier alpha value is -5.72. The fraction of sp³-hybridized carbons (Fsp3) is 0.535. The number of nitrogens with one attached hydrogen (secondary N) is 4. The van der Waals surface area contributed by atoms with Crippen LogP contribution >= 0.6 is 0 Å². The number of fused-ring (bicyclic) bond motifs is 5. The number of halogens is 1. The average Bonchev–Trinajstić information content (AvgIpc) is 3.58. The summed E-state index contributed by atoms with van der Waals surface area (Å²) in [6.45, 7) is 4.93. The number of imidazole rings is 1. The maximum Gasteiger partial charge on any atom is 0.410 e. The first-order chi connectivity index (χ1) is 29.8. The Morgan fingerprint density at radius 3 is 2.50 bits per heavy atom. The molecule has 0 unspecified atom stereocenters. The molecule has 2 aromatic carbocycles. The van der Waals surface area contributed by atoms with Gasteiger partial charge in [0.05, 0.1) is 29.8 Å². The summed E-state index contributed by atoms with van der Waals surface area (Å²) in [6.07, 6.45) is 5.57. The normalized spacial score (nSPS) is 27.2. The lowest BCUT2D eigenvalue weighted by Crippen LogP contribution is -2.58. The summed E-state index contributed by atoms with van der Waals surface area (Å²) in [4.78, 5) is 77.2. The van der Waals surface area contributed by atoms with E-state index in [9.17, 15) is 36.8 Å². The van der Waals surface area contributed by atoms with Crippen LogP contribution in [0.2, 0.25) is 0 Å². The van der Waals surface area contributed by atoms with Crippen LogP contribution in [-0.2, 0) is 47.0 Å². The molecule has 5 atom stereocenters. The molecule has 332 valence electrons. The Morgan fingerprint density at radius 1 is 0.952 bits per heavy atom. The quantitative estimate of drug-likeness (QED) is 0.269. The molecule has 4 heterocycles. The first-order valence-electron chi connectivity index (χ1n) is 21.6. The van der Waals surface area contributed by atoms with Crippen LogP contribution in [0.5, 0.6) is 0 Å². The molecule has 1 saturated heterocycles. The van der Waals surface area contributed by atoms with Crippen LogP contribution in [0.25, 0.3) is 11.0 Å². The number of anilines is 1. The van der Waals surface area contributed by atoms with Crippen molar-refractivity contribution in [2.24, 2.45) is 5.92 Å². The minimum absolute atomic E-state index is 0.00610. The molecule has 5 aliphatic rings. The number of para-hydroxylation sites is 2. The molecule has 0 bridgehead atoms. The van der Waals surface area contributed by atoms with Gasteiger partial charge in [0.25, 0.3) is 15.9 Å². The summed E-state index contributed by atoms with van der Waals surface area (Å²) in [5, 5.41) is 8.54. The molecular weight excluding hydrogens is 824 g/mol. The van der Waals surface area contributed by atoms with Crippen molar-refractivity contribution in [2.45, 2.75) is 125 Å². The van der Waals surface area contributed by atoms with E-state index in [1.54, 1.807) is 0 Å². The molecule has 5 amide bonds. The molecule has 62 heavy (non-hydrogen) atoms. The molecule has 0 radical (unpaired) electrons. The number of amides is 5. The van der Waals surface area contributed by atoms with Crippen molar-refractivity contribution in [3.05, 3.63) is 66.8 Å². The third kappa shape index (κ3) is 9.08. The number of carbonyl (C=O) groups is 5. The van der Waals surface area contributed by atoms with E-state index in [0.29, 0.717) is 44.7 Å². The first kappa shape index (κ1) is 42.9. The van der Waals surface area contributed by atoms with Gasteiger partial charge in [-0.2, -0.15) is 0 Å². The third-order valence-corrected chi connectivity index (χ3v) is 14.1. The Morgan fingerprint density at radius 2 is 1.71 bits per heavy atom. The number of rotatable bonds is 4. The van der Waals surface area contributed by atoms with Gasteiger partial charge >= 0.3 is 12.2 Å². The lowest BCUT2D eigenvalue weighted by molar-refractivity contribution is -0.141. The highest BCUT2D eigenvalue weighted by molar-refractivity contribution is 7.90. The molecule has 3 aromatic rings. The van der Waals surface area contributed by atoms with Crippen molar-refractivity contribution in [3.8, 4) is 0 Å². The van der Waals surface area contributed by atoms with Crippen LogP contribution in [0.15, 0.2) is 60.0 Å². The van der Waals surface area contributed by atoms with Crippen LogP contribution in [0.1, 0.15) is 82.9 Å². The number of hydrogen-bond donors (Lipinski definition) is 4. The fourth-order valence-corrected chi connectivity index (χ4v) is 10.4. The monoisotopic (exact) mass is 876 g/mol. The molecule has 4 N–H and O–H groups in total. The second-order valence-corrected chi connectivity index (χ2v) is 18.6. The van der Waals surface area contributed by atoms with Crippen molar-refractivity contribution in [3.63, 3.8) is 0 Å². The van der Waals surface area contributed by atoms with E-state index >= 15 is 0 Å². The summed E-state index contributed by atoms with van der Waals surface area (Å²) in [7, 11) is -4.67. The van der Waals surface area contributed by atoms with E-state index in [1.807, 2.05) is 28.8 Å². The standard InChI is InChI=1S/C43H53FN8O9S/c1-2-27-24-43(27)40(55)49-62(58,59)36-22-28(44)17-18-32(36)45-19-11-5-3-4-6-15-33(47-41(56)60-29-12-7-8-13-29)39(54)52-25-30(23-35(52)38(53)48-43)61-42(57)50-20-21-51-34-16-10-9-14-31(34)46-37(51)26-50/h2,9-10,14,16-18,22,27,29-30,33,35,45H,1,3-8,11-13,15,19-21,23-26H2,(H,47,56)(H,48,53)(H,49,55)/t27-,30-,33+,35+,43-/m1/s1. The van der Waals surface area contributed by atoms with Gasteiger partial charge in [-0.05, 0) is 75.3 Å². The zero-order chi connectivity index (χ0) is 43.6. The number of ether oxygens (including phenoxy) is 2. The van der Waals surface area contributed by atoms with Crippen LogP contribution in [-0.4, -0.2) is 107 Å². The molecule has 2 aliphatic carbocycles. The minimum atomic E-state index is -4.67. The predicted molar refractivity (Wildman–Crippen MR) is 223 cm³/mol. The Balaban J connectivity index is 1.06. The van der Waals surface area contributed by atoms with Crippen LogP contribution in [0, 0.1) is 11.7 Å². The van der Waals surface area contributed by atoms with Crippen molar-refractivity contribution in [1.82, 2.24) is 34.7 Å². The molecule has 17 nitrogen and oxygen atoms in total. The van der Waals surface area contributed by atoms with Crippen LogP contribution in [0.4, 0.5) is 19.7 Å². The van der Waals surface area contributed by atoms with Gasteiger partial charge in [-0.25, -0.2) is 32.1 Å². The lowest BCUT2D eigenvalue weighted by Gasteiger charge is -2.30. The Kier molecular flexibility index (Phi) is 12.4. The minimum Gasteiger partial charge on any atom is -0.446 e. The van der Waals surface area contributed by atoms with Gasteiger partial charge in [0.1, 0.15) is 46.4 Å². The number of benzene rings is 2. The maximum absolute atomic E-state index is 14.7. The number of sulfonamides is 1. The van der Waals surface area contributed by atoms with E-state index in [1.165, 1.54) is 21.9 Å². The van der Waals surface area contributed by atoms with Crippen LogP contribution < -0.4 is 20.7 Å². The van der Waals surface area contributed by atoms with E-state index in [-0.39, 0.29) is 44.1 Å². The number of nitrogens with zero attached hydrogens (tertiary/aromatic N) is 4. The van der Waals surface area contributed by atoms with E-state index in [2.05, 4.69) is 32.2 Å². The lowest BCUT2D eigenvalue weighted by atomic mass is 10.0. The smallest absolute Gasteiger partial charge is 0.410 e. The summed E-state index contributed by atoms with van der Waals surface area (Å²) >= 11 is 0. The zero-order valence-electron chi connectivity index (χ0n) is 34.5. The van der Waals surface area contributed by atoms with Gasteiger partial charge in [0.15, 0.2) is 0 Å². The molecule has 8 rings (SSSR count). The van der Waals surface area contributed by atoms with Gasteiger partial charge in [0.2, 0.25) is 11.8 Å². The predicted octanol–water partition coefficient (Wildman–Crippen LogP) is 4.47. The number of hydrogen-bond acceptors (Lipinski definition) is 11. The molecule has 1 aromatic heterocycles. The SMILES string of the molecule is C=C[C@@H]1C[C@@]12NC(=O)[C@@H]1C[C@@H](OC(=O)N3CCn4c(nc5ccccc54)C3)CN1C(=O)[C@@H](NC(=O)OC1CCCC1)CCCCCCCNc1ccc(F)cc1S(=O)(=O)NC2=O.